The van der Waals surface area contributed by atoms with Gasteiger partial charge >= 0.3 is 0 Å². The average molecular weight is 286 g/mol. The monoisotopic (exact) mass is 286 g/mol. The van der Waals surface area contributed by atoms with E-state index < -0.39 is 0 Å². The van der Waals surface area contributed by atoms with Crippen molar-refractivity contribution in [3.05, 3.63) is 29.3 Å². The second-order valence-corrected chi connectivity index (χ2v) is 5.85. The highest BCUT2D eigenvalue weighted by Gasteiger charge is 2.30. The quantitative estimate of drug-likeness (QED) is 0.858. The number of amides is 1. The molecule has 4 heteroatoms. The van der Waals surface area contributed by atoms with Gasteiger partial charge in [-0.25, -0.2) is 0 Å². The van der Waals surface area contributed by atoms with Crippen LogP contribution in [0.5, 0.6) is 0 Å². The highest BCUT2D eigenvalue weighted by molar-refractivity contribution is 5.97. The Morgan fingerprint density at radius 1 is 1.48 bits per heavy atom. The molecule has 0 unspecified atom stereocenters. The number of carbonyl (C=O) groups excluding carboxylic acids is 1. The molecule has 1 atom stereocenters. The molecule has 1 saturated heterocycles. The zero-order chi connectivity index (χ0) is 15.4. The van der Waals surface area contributed by atoms with E-state index in [9.17, 15) is 10.1 Å². The van der Waals surface area contributed by atoms with Crippen LogP contribution in [0.1, 0.15) is 37.8 Å². The van der Waals surface area contributed by atoms with E-state index in [1.165, 1.54) is 0 Å². The van der Waals surface area contributed by atoms with Gasteiger partial charge in [0.25, 0.3) is 0 Å². The Kier molecular flexibility index (Phi) is 4.98. The molecule has 4 nitrogen and oxygen atoms in total. The van der Waals surface area contributed by atoms with E-state index >= 15 is 0 Å². The lowest BCUT2D eigenvalue weighted by Crippen LogP contribution is -2.44. The molecule has 0 aromatic heterocycles. The third-order valence-electron chi connectivity index (χ3n) is 3.80. The maximum absolute atomic E-state index is 12.9. The number of hydrogen-bond acceptors (Lipinski definition) is 3. The van der Waals surface area contributed by atoms with Gasteiger partial charge in [0.05, 0.1) is 23.8 Å². The largest absolute Gasteiger partial charge is 0.381 e. The predicted octanol–water partition coefficient (Wildman–Crippen LogP) is 3.03. The molecule has 21 heavy (non-hydrogen) atoms. The molecule has 0 aliphatic carbocycles. The summed E-state index contributed by atoms with van der Waals surface area (Å²) >= 11 is 0. The number of benzene rings is 1. The van der Waals surface area contributed by atoms with Gasteiger partial charge < -0.3 is 9.64 Å². The minimum atomic E-state index is -0.104. The molecule has 1 aliphatic heterocycles. The molecule has 0 radical (unpaired) electrons. The Morgan fingerprint density at radius 2 is 2.24 bits per heavy atom. The molecule has 1 amide bonds. The van der Waals surface area contributed by atoms with Crippen LogP contribution in [0.4, 0.5) is 5.69 Å². The number of nitrogens with zero attached hydrogens (tertiary/aromatic N) is 2. The van der Waals surface area contributed by atoms with Crippen LogP contribution in [0.25, 0.3) is 0 Å². The molecule has 1 fully saturated rings. The van der Waals surface area contributed by atoms with E-state index in [2.05, 4.69) is 6.07 Å². The van der Waals surface area contributed by atoms with Gasteiger partial charge in [-0.1, -0.05) is 6.07 Å². The average Bonchev–Trinajstić information content (AvgIpc) is 2.48. The summed E-state index contributed by atoms with van der Waals surface area (Å²) in [7, 11) is 0. The molecule has 0 N–H and O–H groups in total. The van der Waals surface area contributed by atoms with Crippen LogP contribution in [0, 0.1) is 24.2 Å². The third-order valence-corrected chi connectivity index (χ3v) is 3.80. The van der Waals surface area contributed by atoms with Crippen molar-refractivity contribution in [1.82, 2.24) is 0 Å². The molecular formula is C17H22N2O2. The fraction of sp³-hybridized carbons (Fsp3) is 0.529. The van der Waals surface area contributed by atoms with Gasteiger partial charge in [0, 0.05) is 12.6 Å². The van der Waals surface area contributed by atoms with Gasteiger partial charge in [-0.05, 0) is 51.3 Å². The van der Waals surface area contributed by atoms with Gasteiger partial charge in [0.1, 0.15) is 6.07 Å². The fourth-order valence-electron chi connectivity index (χ4n) is 2.72. The number of anilines is 1. The minimum absolute atomic E-state index is 0.00771. The maximum Gasteiger partial charge on any atom is 0.232 e. The second kappa shape index (κ2) is 6.73. The Labute approximate surface area is 126 Å². The van der Waals surface area contributed by atoms with Crippen molar-refractivity contribution in [2.45, 2.75) is 39.7 Å². The van der Waals surface area contributed by atoms with Crippen molar-refractivity contribution in [2.24, 2.45) is 5.92 Å². The summed E-state index contributed by atoms with van der Waals surface area (Å²) in [4.78, 5) is 14.6. The number of rotatable bonds is 3. The zero-order valence-corrected chi connectivity index (χ0v) is 12.9. The van der Waals surface area contributed by atoms with Crippen molar-refractivity contribution < 1.29 is 9.53 Å². The first-order valence-corrected chi connectivity index (χ1v) is 7.46. The first-order chi connectivity index (χ1) is 10.0. The van der Waals surface area contributed by atoms with Crippen molar-refractivity contribution in [1.29, 1.82) is 5.26 Å². The predicted molar refractivity (Wildman–Crippen MR) is 82.1 cm³/mol. The van der Waals surface area contributed by atoms with Crippen molar-refractivity contribution in [3.8, 4) is 6.07 Å². The van der Waals surface area contributed by atoms with Gasteiger partial charge in [-0.15, -0.1) is 0 Å². The summed E-state index contributed by atoms with van der Waals surface area (Å²) in [5.74, 6) is -0.0417. The molecule has 2 rings (SSSR count). The lowest BCUT2D eigenvalue weighted by atomic mass is 9.98. The van der Waals surface area contributed by atoms with Gasteiger partial charge in [0.2, 0.25) is 5.91 Å². The molecule has 0 bridgehead atoms. The van der Waals surface area contributed by atoms with Crippen LogP contribution in [0.2, 0.25) is 0 Å². The number of nitriles is 1. The minimum Gasteiger partial charge on any atom is -0.381 e. The van der Waals surface area contributed by atoms with E-state index in [4.69, 9.17) is 4.74 Å². The first kappa shape index (κ1) is 15.5. The summed E-state index contributed by atoms with van der Waals surface area (Å²) in [6.07, 6.45) is 1.77. The smallest absolute Gasteiger partial charge is 0.232 e. The van der Waals surface area contributed by atoms with Gasteiger partial charge in [-0.3, -0.25) is 4.79 Å². The Morgan fingerprint density at radius 3 is 2.81 bits per heavy atom. The van der Waals surface area contributed by atoms with Gasteiger partial charge in [-0.2, -0.15) is 5.26 Å². The van der Waals surface area contributed by atoms with E-state index in [-0.39, 0.29) is 17.9 Å². The molecule has 112 valence electrons. The molecule has 1 aromatic carbocycles. The van der Waals surface area contributed by atoms with Crippen molar-refractivity contribution in [3.63, 3.8) is 0 Å². The summed E-state index contributed by atoms with van der Waals surface area (Å²) in [5, 5.41) is 9.32. The molecule has 0 spiro atoms. The molecule has 1 aliphatic rings. The van der Waals surface area contributed by atoms with Crippen molar-refractivity contribution in [2.75, 3.05) is 18.1 Å². The van der Waals surface area contributed by atoms with Gasteiger partial charge in [0.15, 0.2) is 0 Å². The maximum atomic E-state index is 12.9. The molecule has 1 heterocycles. The second-order valence-electron chi connectivity index (χ2n) is 5.85. The Hall–Kier alpha value is -1.86. The lowest BCUT2D eigenvalue weighted by Gasteiger charge is -2.33. The number of hydrogen-bond donors (Lipinski definition) is 0. The van der Waals surface area contributed by atoms with Crippen LogP contribution in [0.3, 0.4) is 0 Å². The number of aryl methyl sites for hydroxylation is 1. The highest BCUT2D eigenvalue weighted by atomic mass is 16.5. The Balaban J connectivity index is 2.37. The molecular weight excluding hydrogens is 264 g/mol. The Bertz CT molecular complexity index is 554. The highest BCUT2D eigenvalue weighted by Crippen LogP contribution is 2.27. The van der Waals surface area contributed by atoms with E-state index in [1.807, 2.05) is 32.9 Å². The fourth-order valence-corrected chi connectivity index (χ4v) is 2.72. The number of ether oxygens (including phenoxy) is 1. The number of carbonyl (C=O) groups is 1. The van der Waals surface area contributed by atoms with E-state index in [0.717, 1.165) is 25.0 Å². The summed E-state index contributed by atoms with van der Waals surface area (Å²) < 4.78 is 5.44. The third kappa shape index (κ3) is 3.43. The van der Waals surface area contributed by atoms with Crippen LogP contribution < -0.4 is 4.90 Å². The molecule has 0 saturated carbocycles. The van der Waals surface area contributed by atoms with Crippen LogP contribution >= 0.6 is 0 Å². The lowest BCUT2D eigenvalue weighted by molar-refractivity contribution is -0.126. The molecule has 1 aromatic rings. The van der Waals surface area contributed by atoms with Crippen molar-refractivity contribution >= 4 is 11.6 Å². The van der Waals surface area contributed by atoms with E-state index in [1.54, 1.807) is 11.0 Å². The summed E-state index contributed by atoms with van der Waals surface area (Å²) in [6, 6.07) is 7.80. The standard InChI is InChI=1S/C17H22N2O2/c1-12(2)19(17(20)15-5-4-8-21-11-15)16-9-13(3)6-7-14(16)10-18/h6-7,9,12,15H,4-5,8,11H2,1-3H3/t15-/m0/s1. The van der Waals surface area contributed by atoms with Crippen LogP contribution in [-0.2, 0) is 9.53 Å². The van der Waals surface area contributed by atoms with Crippen LogP contribution in [-0.4, -0.2) is 25.2 Å². The summed E-state index contributed by atoms with van der Waals surface area (Å²) in [5.41, 5.74) is 2.30. The first-order valence-electron chi connectivity index (χ1n) is 7.46. The van der Waals surface area contributed by atoms with E-state index in [0.29, 0.717) is 17.9 Å². The normalized spacial score (nSPS) is 18.3. The SMILES string of the molecule is Cc1ccc(C#N)c(N(C(=O)[C@H]2CCCOC2)C(C)C)c1. The zero-order valence-electron chi connectivity index (χ0n) is 12.9. The summed E-state index contributed by atoms with van der Waals surface area (Å²) in [6.45, 7) is 7.14. The van der Waals surface area contributed by atoms with Crippen LogP contribution in [0.15, 0.2) is 18.2 Å². The topological polar surface area (TPSA) is 53.3 Å².